The van der Waals surface area contributed by atoms with Crippen LogP contribution in [0, 0.1) is 5.92 Å². The molecule has 0 aliphatic heterocycles. The van der Waals surface area contributed by atoms with E-state index in [2.05, 4.69) is 20.8 Å². The highest BCUT2D eigenvalue weighted by molar-refractivity contribution is 5.91. The Bertz CT molecular complexity index is 737. The fraction of sp³-hybridized carbons (Fsp3) is 0.500. The molecule has 4 nitrogen and oxygen atoms in total. The average Bonchev–Trinajstić information content (AvgIpc) is 2.77. The fourth-order valence-corrected chi connectivity index (χ4v) is 2.92. The van der Waals surface area contributed by atoms with E-state index in [1.807, 2.05) is 19.1 Å². The Morgan fingerprint density at radius 3 is 2.07 bits per heavy atom. The van der Waals surface area contributed by atoms with Crippen LogP contribution >= 0.6 is 0 Å². The lowest BCUT2D eigenvalue weighted by atomic mass is 10.0. The number of esters is 1. The van der Waals surface area contributed by atoms with Crippen LogP contribution in [0.3, 0.4) is 0 Å². The Hall–Kier alpha value is -2.49. The molecule has 164 valence electrons. The maximum atomic E-state index is 12.3. The van der Waals surface area contributed by atoms with E-state index in [-0.39, 0.29) is 12.1 Å². The van der Waals surface area contributed by atoms with Crippen LogP contribution in [0.25, 0.3) is 0 Å². The summed E-state index contributed by atoms with van der Waals surface area (Å²) in [5, 5.41) is 0. The first-order valence-electron chi connectivity index (χ1n) is 11.2. The Morgan fingerprint density at radius 2 is 1.43 bits per heavy atom. The van der Waals surface area contributed by atoms with E-state index in [1.165, 1.54) is 25.7 Å². The van der Waals surface area contributed by atoms with Crippen molar-refractivity contribution in [2.75, 3.05) is 6.61 Å². The summed E-state index contributed by atoms with van der Waals surface area (Å²) in [6.07, 6.45) is 7.15. The monoisotopic (exact) mass is 412 g/mol. The van der Waals surface area contributed by atoms with Crippen LogP contribution in [0.1, 0.15) is 76.6 Å². The van der Waals surface area contributed by atoms with Gasteiger partial charge in [-0.3, -0.25) is 0 Å². The second kappa shape index (κ2) is 12.9. The third-order valence-electron chi connectivity index (χ3n) is 5.34. The summed E-state index contributed by atoms with van der Waals surface area (Å²) in [5.74, 6) is 2.48. The zero-order valence-corrected chi connectivity index (χ0v) is 18.9. The molecule has 0 spiro atoms. The molecule has 30 heavy (non-hydrogen) atoms. The first-order valence-corrected chi connectivity index (χ1v) is 11.2. The molecule has 1 unspecified atom stereocenters. The van der Waals surface area contributed by atoms with Gasteiger partial charge >= 0.3 is 5.97 Å². The van der Waals surface area contributed by atoms with Crippen molar-refractivity contribution in [3.05, 3.63) is 54.1 Å². The van der Waals surface area contributed by atoms with Crippen molar-refractivity contribution in [1.29, 1.82) is 0 Å². The molecule has 0 radical (unpaired) electrons. The molecule has 2 aromatic carbocycles. The standard InChI is InChI=1S/C26H36O4/c1-5-20(3)10-8-7-9-19-28-23-15-17-25(18-16-23)30-26(27)22-11-13-24(14-12-22)29-21(4)6-2/h11-18,20-21H,5-10,19H2,1-4H3/t20?,21-/m1/s1. The molecular formula is C26H36O4. The Kier molecular flexibility index (Phi) is 10.3. The molecule has 0 aromatic heterocycles. The first-order chi connectivity index (χ1) is 14.5. The van der Waals surface area contributed by atoms with Crippen LogP contribution in [-0.2, 0) is 0 Å². The number of benzene rings is 2. The van der Waals surface area contributed by atoms with E-state index >= 15 is 0 Å². The Morgan fingerprint density at radius 1 is 0.800 bits per heavy atom. The van der Waals surface area contributed by atoms with Gasteiger partial charge in [0.1, 0.15) is 17.2 Å². The zero-order chi connectivity index (χ0) is 21.8. The predicted molar refractivity (Wildman–Crippen MR) is 122 cm³/mol. The molecule has 0 amide bonds. The number of hydrogen-bond acceptors (Lipinski definition) is 4. The molecule has 4 heteroatoms. The maximum absolute atomic E-state index is 12.3. The summed E-state index contributed by atoms with van der Waals surface area (Å²) in [6, 6.07) is 14.2. The SMILES string of the molecule is CCC(C)CCCCCOc1ccc(OC(=O)c2ccc(O[C@H](C)CC)cc2)cc1. The van der Waals surface area contributed by atoms with Gasteiger partial charge in [0.25, 0.3) is 0 Å². The van der Waals surface area contributed by atoms with Crippen molar-refractivity contribution in [3.63, 3.8) is 0 Å². The first kappa shape index (κ1) is 23.8. The largest absolute Gasteiger partial charge is 0.494 e. The lowest BCUT2D eigenvalue weighted by molar-refractivity contribution is 0.0734. The van der Waals surface area contributed by atoms with Crippen molar-refractivity contribution in [2.24, 2.45) is 5.92 Å². The van der Waals surface area contributed by atoms with Crippen LogP contribution in [-0.4, -0.2) is 18.7 Å². The molecule has 0 fully saturated rings. The van der Waals surface area contributed by atoms with Crippen molar-refractivity contribution in [1.82, 2.24) is 0 Å². The summed E-state index contributed by atoms with van der Waals surface area (Å²) in [7, 11) is 0. The van der Waals surface area contributed by atoms with E-state index < -0.39 is 0 Å². The van der Waals surface area contributed by atoms with E-state index in [0.29, 0.717) is 17.9 Å². The van der Waals surface area contributed by atoms with Crippen LogP contribution < -0.4 is 14.2 Å². The lowest BCUT2D eigenvalue weighted by Gasteiger charge is -2.12. The number of carbonyl (C=O) groups is 1. The highest BCUT2D eigenvalue weighted by atomic mass is 16.5. The average molecular weight is 413 g/mol. The summed E-state index contributed by atoms with van der Waals surface area (Å²) < 4.78 is 17.0. The molecule has 0 bridgehead atoms. The number of rotatable bonds is 13. The Balaban J connectivity index is 1.73. The van der Waals surface area contributed by atoms with E-state index in [9.17, 15) is 4.79 Å². The molecule has 0 aliphatic rings. The number of ether oxygens (including phenoxy) is 3. The molecule has 0 saturated carbocycles. The van der Waals surface area contributed by atoms with Gasteiger partial charge in [0.15, 0.2) is 0 Å². The molecule has 0 saturated heterocycles. The molecule has 0 heterocycles. The zero-order valence-electron chi connectivity index (χ0n) is 18.9. The van der Waals surface area contributed by atoms with Crippen molar-refractivity contribution >= 4 is 5.97 Å². The second-order valence-corrected chi connectivity index (χ2v) is 7.93. The van der Waals surface area contributed by atoms with Gasteiger partial charge in [-0.05, 0) is 74.2 Å². The number of carbonyl (C=O) groups excluding carboxylic acids is 1. The van der Waals surface area contributed by atoms with Gasteiger partial charge in [0, 0.05) is 0 Å². The molecule has 0 aliphatic carbocycles. The molecule has 2 rings (SSSR count). The second-order valence-electron chi connectivity index (χ2n) is 7.93. The molecular weight excluding hydrogens is 376 g/mol. The van der Waals surface area contributed by atoms with Gasteiger partial charge < -0.3 is 14.2 Å². The van der Waals surface area contributed by atoms with Crippen LogP contribution in [0.4, 0.5) is 0 Å². The number of hydrogen-bond donors (Lipinski definition) is 0. The van der Waals surface area contributed by atoms with Crippen molar-refractivity contribution in [3.8, 4) is 17.2 Å². The van der Waals surface area contributed by atoms with Gasteiger partial charge in [0.05, 0.1) is 18.3 Å². The molecule has 0 N–H and O–H groups in total. The van der Waals surface area contributed by atoms with Gasteiger partial charge in [-0.25, -0.2) is 4.79 Å². The summed E-state index contributed by atoms with van der Waals surface area (Å²) in [4.78, 5) is 12.3. The summed E-state index contributed by atoms with van der Waals surface area (Å²) >= 11 is 0. The normalized spacial score (nSPS) is 12.8. The van der Waals surface area contributed by atoms with Gasteiger partial charge in [-0.1, -0.05) is 46.5 Å². The van der Waals surface area contributed by atoms with E-state index in [4.69, 9.17) is 14.2 Å². The molecule has 2 atom stereocenters. The van der Waals surface area contributed by atoms with E-state index in [0.717, 1.165) is 30.3 Å². The minimum atomic E-state index is -0.389. The smallest absolute Gasteiger partial charge is 0.343 e. The number of unbranched alkanes of at least 4 members (excludes halogenated alkanes) is 2. The van der Waals surface area contributed by atoms with Gasteiger partial charge in [0.2, 0.25) is 0 Å². The van der Waals surface area contributed by atoms with Crippen LogP contribution in [0.15, 0.2) is 48.5 Å². The fourth-order valence-electron chi connectivity index (χ4n) is 2.92. The van der Waals surface area contributed by atoms with Gasteiger partial charge in [-0.15, -0.1) is 0 Å². The highest BCUT2D eigenvalue weighted by Gasteiger charge is 2.10. The summed E-state index contributed by atoms with van der Waals surface area (Å²) in [5.41, 5.74) is 0.490. The summed E-state index contributed by atoms with van der Waals surface area (Å²) in [6.45, 7) is 9.35. The minimum absolute atomic E-state index is 0.147. The van der Waals surface area contributed by atoms with Crippen molar-refractivity contribution in [2.45, 2.75) is 72.3 Å². The third-order valence-corrected chi connectivity index (χ3v) is 5.34. The third kappa shape index (κ3) is 8.48. The predicted octanol–water partition coefficient (Wildman–Crippen LogP) is 7.07. The molecule has 2 aromatic rings. The van der Waals surface area contributed by atoms with Gasteiger partial charge in [-0.2, -0.15) is 0 Å². The lowest BCUT2D eigenvalue weighted by Crippen LogP contribution is -2.11. The Labute approximate surface area is 181 Å². The minimum Gasteiger partial charge on any atom is -0.494 e. The van der Waals surface area contributed by atoms with Crippen molar-refractivity contribution < 1.29 is 19.0 Å². The van der Waals surface area contributed by atoms with Crippen LogP contribution in [0.5, 0.6) is 17.2 Å². The topological polar surface area (TPSA) is 44.8 Å². The van der Waals surface area contributed by atoms with E-state index in [1.54, 1.807) is 36.4 Å². The quantitative estimate of drug-likeness (QED) is 0.200. The maximum Gasteiger partial charge on any atom is 0.343 e. The highest BCUT2D eigenvalue weighted by Crippen LogP contribution is 2.21. The van der Waals surface area contributed by atoms with Crippen LogP contribution in [0.2, 0.25) is 0 Å².